The van der Waals surface area contributed by atoms with Crippen molar-refractivity contribution in [3.8, 4) is 0 Å². The minimum absolute atomic E-state index is 0.160. The molecule has 4 heteroatoms. The van der Waals surface area contributed by atoms with E-state index in [1.807, 2.05) is 6.07 Å². The second-order valence-corrected chi connectivity index (χ2v) is 5.91. The first-order chi connectivity index (χ1) is 11.7. The van der Waals surface area contributed by atoms with Crippen LogP contribution in [0.25, 0.3) is 5.57 Å². The van der Waals surface area contributed by atoms with Crippen LogP contribution in [0.1, 0.15) is 22.3 Å². The van der Waals surface area contributed by atoms with E-state index in [0.717, 1.165) is 26.1 Å². The summed E-state index contributed by atoms with van der Waals surface area (Å²) >= 11 is 0. The smallest absolute Gasteiger partial charge is 0.251 e. The van der Waals surface area contributed by atoms with Gasteiger partial charge in [0.2, 0.25) is 0 Å². The molecular weight excluding hydrogens is 303 g/mol. The van der Waals surface area contributed by atoms with Gasteiger partial charge in [0.25, 0.3) is 5.91 Å². The highest BCUT2D eigenvalue weighted by molar-refractivity contribution is 5.94. The van der Waals surface area contributed by atoms with Gasteiger partial charge in [-0.15, -0.1) is 0 Å². The number of hydrogen-bond donors (Lipinski definition) is 1. The van der Waals surface area contributed by atoms with Gasteiger partial charge >= 0.3 is 0 Å². The quantitative estimate of drug-likeness (QED) is 0.915. The molecule has 0 aliphatic carbocycles. The zero-order valence-electron chi connectivity index (χ0n) is 13.5. The zero-order chi connectivity index (χ0) is 16.8. The summed E-state index contributed by atoms with van der Waals surface area (Å²) in [4.78, 5) is 14.3. The molecule has 0 radical (unpaired) electrons. The SMILES string of the molecule is O=C(NCCN1CC=C(c2ccccc2)CC1)c1ccc(F)cc1. The van der Waals surface area contributed by atoms with Crippen molar-refractivity contribution in [2.75, 3.05) is 26.2 Å². The van der Waals surface area contributed by atoms with Crippen molar-refractivity contribution in [3.63, 3.8) is 0 Å². The van der Waals surface area contributed by atoms with Gasteiger partial charge in [-0.3, -0.25) is 9.69 Å². The molecule has 24 heavy (non-hydrogen) atoms. The largest absolute Gasteiger partial charge is 0.351 e. The third-order valence-corrected chi connectivity index (χ3v) is 4.26. The lowest BCUT2D eigenvalue weighted by atomic mass is 10.00. The minimum Gasteiger partial charge on any atom is -0.351 e. The number of carbonyl (C=O) groups excluding carboxylic acids is 1. The van der Waals surface area contributed by atoms with Gasteiger partial charge in [0, 0.05) is 31.7 Å². The molecule has 0 fully saturated rings. The van der Waals surface area contributed by atoms with Gasteiger partial charge in [0.15, 0.2) is 0 Å². The first-order valence-electron chi connectivity index (χ1n) is 8.23. The number of benzene rings is 2. The Morgan fingerprint density at radius 1 is 1.08 bits per heavy atom. The van der Waals surface area contributed by atoms with Gasteiger partial charge in [-0.25, -0.2) is 4.39 Å². The Kier molecular flexibility index (Phi) is 5.39. The Morgan fingerprint density at radius 2 is 1.83 bits per heavy atom. The van der Waals surface area contributed by atoms with Crippen molar-refractivity contribution < 1.29 is 9.18 Å². The molecule has 0 spiro atoms. The predicted octanol–water partition coefficient (Wildman–Crippen LogP) is 3.34. The van der Waals surface area contributed by atoms with Crippen molar-refractivity contribution in [2.24, 2.45) is 0 Å². The van der Waals surface area contributed by atoms with E-state index in [-0.39, 0.29) is 11.7 Å². The molecule has 1 heterocycles. The minimum atomic E-state index is -0.333. The fourth-order valence-corrected chi connectivity index (χ4v) is 2.86. The molecule has 1 amide bonds. The van der Waals surface area contributed by atoms with Crippen LogP contribution in [-0.2, 0) is 0 Å². The van der Waals surface area contributed by atoms with E-state index in [2.05, 4.69) is 40.6 Å². The summed E-state index contributed by atoms with van der Waals surface area (Å²) in [5.41, 5.74) is 3.17. The summed E-state index contributed by atoms with van der Waals surface area (Å²) in [5.74, 6) is -0.492. The number of carbonyl (C=O) groups is 1. The first kappa shape index (κ1) is 16.4. The molecule has 0 aromatic heterocycles. The second kappa shape index (κ2) is 7.88. The van der Waals surface area contributed by atoms with Crippen molar-refractivity contribution in [1.29, 1.82) is 0 Å². The Balaban J connectivity index is 1.44. The predicted molar refractivity (Wildman–Crippen MR) is 94.2 cm³/mol. The summed E-state index contributed by atoms with van der Waals surface area (Å²) < 4.78 is 12.9. The highest BCUT2D eigenvalue weighted by atomic mass is 19.1. The molecule has 124 valence electrons. The van der Waals surface area contributed by atoms with Crippen LogP contribution in [0.4, 0.5) is 4.39 Å². The number of nitrogens with one attached hydrogen (secondary N) is 1. The molecule has 3 rings (SSSR count). The summed E-state index contributed by atoms with van der Waals surface area (Å²) in [6.07, 6.45) is 3.29. The van der Waals surface area contributed by atoms with Crippen molar-refractivity contribution >= 4 is 11.5 Å². The topological polar surface area (TPSA) is 32.3 Å². The van der Waals surface area contributed by atoms with Crippen LogP contribution >= 0.6 is 0 Å². The van der Waals surface area contributed by atoms with Crippen LogP contribution in [-0.4, -0.2) is 37.0 Å². The Morgan fingerprint density at radius 3 is 2.50 bits per heavy atom. The van der Waals surface area contributed by atoms with Crippen molar-refractivity contribution in [2.45, 2.75) is 6.42 Å². The van der Waals surface area contributed by atoms with Gasteiger partial charge < -0.3 is 5.32 Å². The molecule has 1 aliphatic heterocycles. The number of rotatable bonds is 5. The number of nitrogens with zero attached hydrogens (tertiary/aromatic N) is 1. The Labute approximate surface area is 141 Å². The lowest BCUT2D eigenvalue weighted by molar-refractivity contribution is 0.0949. The third-order valence-electron chi connectivity index (χ3n) is 4.26. The molecule has 0 saturated heterocycles. The Bertz CT molecular complexity index is 710. The molecule has 1 aliphatic rings. The number of hydrogen-bond acceptors (Lipinski definition) is 2. The van der Waals surface area contributed by atoms with E-state index >= 15 is 0 Å². The van der Waals surface area contributed by atoms with Crippen LogP contribution in [0.5, 0.6) is 0 Å². The maximum Gasteiger partial charge on any atom is 0.251 e. The lowest BCUT2D eigenvalue weighted by Crippen LogP contribution is -2.37. The fourth-order valence-electron chi connectivity index (χ4n) is 2.86. The summed E-state index contributed by atoms with van der Waals surface area (Å²) in [6, 6.07) is 16.0. The third kappa shape index (κ3) is 4.30. The Hall–Kier alpha value is -2.46. The van der Waals surface area contributed by atoms with E-state index in [1.165, 1.54) is 35.4 Å². The molecule has 2 aromatic rings. The van der Waals surface area contributed by atoms with Crippen molar-refractivity contribution in [1.82, 2.24) is 10.2 Å². The molecule has 0 saturated carbocycles. The highest BCUT2D eigenvalue weighted by Gasteiger charge is 2.13. The van der Waals surface area contributed by atoms with Gasteiger partial charge in [-0.2, -0.15) is 0 Å². The summed E-state index contributed by atoms with van der Waals surface area (Å²) in [6.45, 7) is 3.29. The number of amides is 1. The average molecular weight is 324 g/mol. The molecule has 2 aromatic carbocycles. The number of halogens is 1. The first-order valence-corrected chi connectivity index (χ1v) is 8.23. The van der Waals surface area contributed by atoms with Crippen LogP contribution < -0.4 is 5.32 Å². The van der Waals surface area contributed by atoms with Crippen LogP contribution in [0.2, 0.25) is 0 Å². The molecule has 1 N–H and O–H groups in total. The maximum atomic E-state index is 12.9. The average Bonchev–Trinajstić information content (AvgIpc) is 2.63. The fraction of sp³-hybridized carbons (Fsp3) is 0.250. The van der Waals surface area contributed by atoms with Gasteiger partial charge in [0.1, 0.15) is 5.82 Å². The van der Waals surface area contributed by atoms with E-state index in [4.69, 9.17) is 0 Å². The van der Waals surface area contributed by atoms with Gasteiger partial charge in [-0.1, -0.05) is 36.4 Å². The standard InChI is InChI=1S/C20H21FN2O/c21-19-8-6-18(7-9-19)20(24)22-12-15-23-13-10-17(11-14-23)16-4-2-1-3-5-16/h1-10H,11-15H2,(H,22,24). The normalized spacial score (nSPS) is 15.0. The molecule has 0 unspecified atom stereocenters. The second-order valence-electron chi connectivity index (χ2n) is 5.91. The van der Waals surface area contributed by atoms with Crippen LogP contribution in [0.15, 0.2) is 60.7 Å². The van der Waals surface area contributed by atoms with Crippen LogP contribution in [0, 0.1) is 5.82 Å². The van der Waals surface area contributed by atoms with Gasteiger partial charge in [-0.05, 0) is 41.8 Å². The maximum absolute atomic E-state index is 12.9. The molecule has 0 atom stereocenters. The molecular formula is C20H21FN2O. The van der Waals surface area contributed by atoms with Gasteiger partial charge in [0.05, 0.1) is 0 Å². The molecule has 0 bridgehead atoms. The monoisotopic (exact) mass is 324 g/mol. The van der Waals surface area contributed by atoms with Crippen LogP contribution in [0.3, 0.4) is 0 Å². The zero-order valence-corrected chi connectivity index (χ0v) is 13.5. The highest BCUT2D eigenvalue weighted by Crippen LogP contribution is 2.21. The van der Waals surface area contributed by atoms with E-state index in [1.54, 1.807) is 0 Å². The summed E-state index contributed by atoms with van der Waals surface area (Å²) in [7, 11) is 0. The lowest BCUT2D eigenvalue weighted by Gasteiger charge is -2.26. The van der Waals surface area contributed by atoms with E-state index in [0.29, 0.717) is 12.1 Å². The van der Waals surface area contributed by atoms with Crippen molar-refractivity contribution in [3.05, 3.63) is 77.6 Å². The summed E-state index contributed by atoms with van der Waals surface area (Å²) in [5, 5.41) is 2.88. The van der Waals surface area contributed by atoms with E-state index in [9.17, 15) is 9.18 Å². The molecule has 3 nitrogen and oxygen atoms in total. The van der Waals surface area contributed by atoms with E-state index < -0.39 is 0 Å².